The molecule has 11 heteroatoms. The molecule has 7 nitrogen and oxygen atoms in total. The standard InChI is InChI=1S/C19H13F4N5O2/c20-14-6-17-16(5-13(14)19(21,22)23)26-18(30)7-15(25-17)10-2-1-3-11(4-10)28-12(9-29)8-24-27-28/h1-6,8,29H,7,9H2,(H,26,30). The van der Waals surface area contributed by atoms with Gasteiger partial charge in [-0.15, -0.1) is 5.10 Å². The fraction of sp³-hybridized carbons (Fsp3) is 0.158. The number of anilines is 1. The van der Waals surface area contributed by atoms with Gasteiger partial charge in [-0.05, 0) is 23.8 Å². The number of alkyl halides is 3. The van der Waals surface area contributed by atoms with E-state index in [0.717, 1.165) is 0 Å². The summed E-state index contributed by atoms with van der Waals surface area (Å²) in [7, 11) is 0. The highest BCUT2D eigenvalue weighted by Gasteiger charge is 2.35. The van der Waals surface area contributed by atoms with Gasteiger partial charge in [0.2, 0.25) is 5.91 Å². The van der Waals surface area contributed by atoms with Crippen molar-refractivity contribution in [1.82, 2.24) is 15.0 Å². The fourth-order valence-electron chi connectivity index (χ4n) is 3.07. The second-order valence-corrected chi connectivity index (χ2v) is 6.48. The third-order valence-corrected chi connectivity index (χ3v) is 4.45. The minimum absolute atomic E-state index is 0.122. The second kappa shape index (κ2) is 7.34. The van der Waals surface area contributed by atoms with Crippen molar-refractivity contribution in [2.75, 3.05) is 5.32 Å². The van der Waals surface area contributed by atoms with Gasteiger partial charge in [0.15, 0.2) is 0 Å². The number of amides is 1. The molecule has 1 aliphatic rings. The summed E-state index contributed by atoms with van der Waals surface area (Å²) in [6, 6.07) is 7.82. The Labute approximate surface area is 166 Å². The average molecular weight is 419 g/mol. The maximum Gasteiger partial charge on any atom is 0.419 e. The highest BCUT2D eigenvalue weighted by atomic mass is 19.4. The van der Waals surface area contributed by atoms with Crippen LogP contribution in [0.5, 0.6) is 0 Å². The molecule has 2 N–H and O–H groups in total. The number of aliphatic hydroxyl groups is 1. The molecule has 0 saturated carbocycles. The molecule has 0 aliphatic carbocycles. The first-order valence-corrected chi connectivity index (χ1v) is 8.65. The number of carbonyl (C=O) groups excluding carboxylic acids is 1. The molecule has 0 fully saturated rings. The van der Waals surface area contributed by atoms with Crippen LogP contribution in [0.1, 0.15) is 23.2 Å². The van der Waals surface area contributed by atoms with Crippen molar-refractivity contribution < 1.29 is 27.5 Å². The molecule has 0 bridgehead atoms. The third kappa shape index (κ3) is 3.66. The highest BCUT2D eigenvalue weighted by Crippen LogP contribution is 2.38. The van der Waals surface area contributed by atoms with Crippen molar-refractivity contribution in [3.63, 3.8) is 0 Å². The maximum absolute atomic E-state index is 14.0. The van der Waals surface area contributed by atoms with Crippen molar-refractivity contribution in [2.24, 2.45) is 4.99 Å². The fourth-order valence-corrected chi connectivity index (χ4v) is 3.07. The summed E-state index contributed by atoms with van der Waals surface area (Å²) in [6.45, 7) is -0.297. The van der Waals surface area contributed by atoms with Crippen LogP contribution in [-0.2, 0) is 17.6 Å². The van der Waals surface area contributed by atoms with Crippen LogP contribution in [0.15, 0.2) is 47.6 Å². The number of aliphatic imine (C=N–C) groups is 1. The SMILES string of the molecule is O=C1CC(c2cccc(-n3nncc3CO)c2)=Nc2cc(F)c(C(F)(F)F)cc2N1. The molecule has 0 atom stereocenters. The van der Waals surface area contributed by atoms with E-state index in [-0.39, 0.29) is 30.1 Å². The lowest BCUT2D eigenvalue weighted by molar-refractivity contribution is -0.140. The zero-order valence-corrected chi connectivity index (χ0v) is 15.1. The first-order valence-electron chi connectivity index (χ1n) is 8.65. The summed E-state index contributed by atoms with van der Waals surface area (Å²) in [6.07, 6.45) is -3.74. The van der Waals surface area contributed by atoms with Crippen LogP contribution in [0.2, 0.25) is 0 Å². The molecule has 0 spiro atoms. The zero-order valence-electron chi connectivity index (χ0n) is 15.1. The number of benzene rings is 2. The van der Waals surface area contributed by atoms with Crippen molar-refractivity contribution >= 4 is 23.0 Å². The van der Waals surface area contributed by atoms with Crippen molar-refractivity contribution in [3.8, 4) is 5.69 Å². The Hall–Kier alpha value is -3.60. The smallest absolute Gasteiger partial charge is 0.390 e. The van der Waals surface area contributed by atoms with E-state index in [2.05, 4.69) is 20.6 Å². The number of hydrogen-bond donors (Lipinski definition) is 2. The van der Waals surface area contributed by atoms with E-state index in [9.17, 15) is 27.5 Å². The van der Waals surface area contributed by atoms with Gasteiger partial charge in [0.25, 0.3) is 0 Å². The van der Waals surface area contributed by atoms with Crippen molar-refractivity contribution in [2.45, 2.75) is 19.2 Å². The van der Waals surface area contributed by atoms with Gasteiger partial charge < -0.3 is 10.4 Å². The number of rotatable bonds is 3. The summed E-state index contributed by atoms with van der Waals surface area (Å²) in [5.74, 6) is -2.07. The lowest BCUT2D eigenvalue weighted by Gasteiger charge is -2.11. The molecule has 4 rings (SSSR count). The molecule has 3 aromatic rings. The van der Waals surface area contributed by atoms with Crippen LogP contribution in [0.4, 0.5) is 28.9 Å². The first-order chi connectivity index (χ1) is 14.3. The van der Waals surface area contributed by atoms with Gasteiger partial charge in [0, 0.05) is 6.07 Å². The van der Waals surface area contributed by atoms with Crippen LogP contribution in [0, 0.1) is 5.82 Å². The van der Waals surface area contributed by atoms with Gasteiger partial charge in [-0.3, -0.25) is 4.79 Å². The number of aromatic nitrogens is 3. The Kier molecular flexibility index (Phi) is 4.82. The van der Waals surface area contributed by atoms with E-state index in [1.807, 2.05) is 0 Å². The molecule has 0 unspecified atom stereocenters. The second-order valence-electron chi connectivity index (χ2n) is 6.48. The van der Waals surface area contributed by atoms with Crippen LogP contribution in [0.25, 0.3) is 5.69 Å². The predicted molar refractivity (Wildman–Crippen MR) is 98.1 cm³/mol. The number of nitrogens with zero attached hydrogens (tertiary/aromatic N) is 4. The number of carbonyl (C=O) groups is 1. The lowest BCUT2D eigenvalue weighted by atomic mass is 10.1. The summed E-state index contributed by atoms with van der Waals surface area (Å²) < 4.78 is 54.4. The molecule has 0 saturated heterocycles. The van der Waals surface area contributed by atoms with Gasteiger partial charge in [-0.2, -0.15) is 13.2 Å². The number of hydrogen-bond acceptors (Lipinski definition) is 5. The summed E-state index contributed by atoms with van der Waals surface area (Å²) in [4.78, 5) is 16.5. The van der Waals surface area contributed by atoms with E-state index in [0.29, 0.717) is 29.1 Å². The van der Waals surface area contributed by atoms with Gasteiger partial charge in [-0.1, -0.05) is 17.3 Å². The van der Waals surface area contributed by atoms with Gasteiger partial charge >= 0.3 is 6.18 Å². The van der Waals surface area contributed by atoms with Crippen molar-refractivity contribution in [3.05, 3.63) is 65.2 Å². The molecule has 0 radical (unpaired) electrons. The van der Waals surface area contributed by atoms with Crippen LogP contribution in [0.3, 0.4) is 0 Å². The van der Waals surface area contributed by atoms with Crippen LogP contribution >= 0.6 is 0 Å². The van der Waals surface area contributed by atoms with Gasteiger partial charge in [0.1, 0.15) is 5.82 Å². The molecule has 30 heavy (non-hydrogen) atoms. The largest absolute Gasteiger partial charge is 0.419 e. The molecule has 1 aliphatic heterocycles. The normalized spacial score (nSPS) is 14.0. The van der Waals surface area contributed by atoms with E-state index in [4.69, 9.17) is 0 Å². The topological polar surface area (TPSA) is 92.4 Å². The van der Waals surface area contributed by atoms with E-state index in [1.54, 1.807) is 24.3 Å². The molecule has 154 valence electrons. The first kappa shape index (κ1) is 19.7. The van der Waals surface area contributed by atoms with Gasteiger partial charge in [-0.25, -0.2) is 14.1 Å². The van der Waals surface area contributed by atoms with Gasteiger partial charge in [0.05, 0.1) is 53.3 Å². The number of nitrogens with one attached hydrogen (secondary N) is 1. The molecule has 2 heterocycles. The Morgan fingerprint density at radius 2 is 2.00 bits per heavy atom. The summed E-state index contributed by atoms with van der Waals surface area (Å²) in [5, 5.41) is 19.3. The quantitative estimate of drug-likeness (QED) is 0.637. The molecule has 1 aromatic heterocycles. The number of fused-ring (bicyclic) bond motifs is 1. The van der Waals surface area contributed by atoms with Crippen molar-refractivity contribution in [1.29, 1.82) is 0 Å². The Morgan fingerprint density at radius 3 is 2.73 bits per heavy atom. The highest BCUT2D eigenvalue weighted by molar-refractivity contribution is 6.17. The van der Waals surface area contributed by atoms with Crippen LogP contribution in [-0.4, -0.2) is 31.7 Å². The minimum atomic E-state index is -4.90. The molecule has 2 aromatic carbocycles. The Morgan fingerprint density at radius 1 is 1.20 bits per heavy atom. The summed E-state index contributed by atoms with van der Waals surface area (Å²) >= 11 is 0. The number of halogens is 4. The predicted octanol–water partition coefficient (Wildman–Crippen LogP) is 3.38. The monoisotopic (exact) mass is 419 g/mol. The Bertz CT molecular complexity index is 1170. The van der Waals surface area contributed by atoms with Crippen LogP contribution < -0.4 is 5.32 Å². The van der Waals surface area contributed by atoms with E-state index in [1.165, 1.54) is 10.9 Å². The molecule has 1 amide bonds. The maximum atomic E-state index is 14.0. The third-order valence-electron chi connectivity index (χ3n) is 4.45. The lowest BCUT2D eigenvalue weighted by Crippen LogP contribution is -2.16. The average Bonchev–Trinajstić information content (AvgIpc) is 3.11. The summed E-state index contributed by atoms with van der Waals surface area (Å²) in [5.41, 5.74) is -0.152. The zero-order chi connectivity index (χ0) is 21.5. The number of aliphatic hydroxyl groups excluding tert-OH is 1. The molecular weight excluding hydrogens is 406 g/mol. The van der Waals surface area contributed by atoms with E-state index < -0.39 is 23.5 Å². The molecular formula is C19H13F4N5O2. The van der Waals surface area contributed by atoms with E-state index >= 15 is 0 Å². The Balaban J connectivity index is 1.80. The minimum Gasteiger partial charge on any atom is -0.390 e.